The molecule has 5 rings (SSSR count). The number of carbonyl (C=O) groups excluding carboxylic acids is 1. The van der Waals surface area contributed by atoms with Crippen LogP contribution in [0.25, 0.3) is 28.0 Å². The number of Topliss-reactive ketones (excluding diaryl/α,β-unsaturated/α-hetero) is 1. The summed E-state index contributed by atoms with van der Waals surface area (Å²) >= 11 is 4.79. The number of carbonyl (C=O) groups is 1. The van der Waals surface area contributed by atoms with Gasteiger partial charge < -0.3 is 4.98 Å². The molecule has 152 valence electrons. The van der Waals surface area contributed by atoms with E-state index in [0.717, 1.165) is 32.5 Å². The fraction of sp³-hybridized carbons (Fsp3) is 0.0417. The van der Waals surface area contributed by atoms with E-state index in [9.17, 15) is 4.79 Å². The van der Waals surface area contributed by atoms with Crippen LogP contribution in [0.4, 0.5) is 0 Å². The number of hydrogen-bond donors (Lipinski definition) is 1. The van der Waals surface area contributed by atoms with Gasteiger partial charge in [0, 0.05) is 38.4 Å². The molecule has 0 amide bonds. The number of halogens is 1. The lowest BCUT2D eigenvalue weighted by molar-refractivity contribution is 0.102. The SMILES string of the molecule is O=C(CSc1nnc(-c2c[nH]c3ccccc23)n1-c1ccccc1)c1ccc(Br)cc1. The molecule has 1 N–H and O–H groups in total. The second-order valence-electron chi connectivity index (χ2n) is 6.94. The maximum Gasteiger partial charge on any atom is 0.196 e. The highest BCUT2D eigenvalue weighted by atomic mass is 79.9. The molecule has 3 aromatic carbocycles. The molecule has 0 aliphatic rings. The molecule has 2 aromatic heterocycles. The molecule has 0 saturated heterocycles. The Balaban J connectivity index is 1.52. The molecule has 0 atom stereocenters. The zero-order valence-corrected chi connectivity index (χ0v) is 18.7. The van der Waals surface area contributed by atoms with Crippen LogP contribution in [0.1, 0.15) is 10.4 Å². The van der Waals surface area contributed by atoms with Crippen LogP contribution in [0.2, 0.25) is 0 Å². The molecule has 0 aliphatic heterocycles. The number of rotatable bonds is 6. The molecule has 0 spiro atoms. The number of benzene rings is 3. The van der Waals surface area contributed by atoms with Gasteiger partial charge in [0.15, 0.2) is 16.8 Å². The van der Waals surface area contributed by atoms with Crippen LogP contribution in [0.15, 0.2) is 94.7 Å². The lowest BCUT2D eigenvalue weighted by Crippen LogP contribution is -2.05. The van der Waals surface area contributed by atoms with E-state index in [1.165, 1.54) is 11.8 Å². The number of thioether (sulfide) groups is 1. The van der Waals surface area contributed by atoms with E-state index in [-0.39, 0.29) is 11.5 Å². The van der Waals surface area contributed by atoms with Gasteiger partial charge in [0.25, 0.3) is 0 Å². The first kappa shape index (κ1) is 19.8. The normalized spacial score (nSPS) is 11.1. The smallest absolute Gasteiger partial charge is 0.196 e. The summed E-state index contributed by atoms with van der Waals surface area (Å²) in [6.07, 6.45) is 1.95. The number of nitrogens with zero attached hydrogens (tertiary/aromatic N) is 3. The number of ketones is 1. The average Bonchev–Trinajstić information content (AvgIpc) is 3.42. The number of H-pyrrole nitrogens is 1. The predicted molar refractivity (Wildman–Crippen MR) is 128 cm³/mol. The van der Waals surface area contributed by atoms with E-state index in [0.29, 0.717) is 10.7 Å². The number of nitrogens with one attached hydrogen (secondary N) is 1. The Bertz CT molecular complexity index is 1360. The second kappa shape index (κ2) is 8.53. The summed E-state index contributed by atoms with van der Waals surface area (Å²) < 4.78 is 2.96. The highest BCUT2D eigenvalue weighted by Gasteiger charge is 2.19. The van der Waals surface area contributed by atoms with E-state index in [2.05, 4.69) is 37.2 Å². The van der Waals surface area contributed by atoms with Crippen LogP contribution in [0, 0.1) is 0 Å². The van der Waals surface area contributed by atoms with Crippen LogP contribution in [-0.2, 0) is 0 Å². The van der Waals surface area contributed by atoms with Crippen molar-refractivity contribution >= 4 is 44.4 Å². The van der Waals surface area contributed by atoms with Crippen LogP contribution in [-0.4, -0.2) is 31.3 Å². The molecule has 0 unspecified atom stereocenters. The van der Waals surface area contributed by atoms with E-state index in [1.54, 1.807) is 0 Å². The molecule has 0 bridgehead atoms. The molecular weight excluding hydrogens is 472 g/mol. The number of para-hydroxylation sites is 2. The van der Waals surface area contributed by atoms with Crippen LogP contribution >= 0.6 is 27.7 Å². The first-order chi connectivity index (χ1) is 15.2. The van der Waals surface area contributed by atoms with Gasteiger partial charge in [-0.05, 0) is 30.3 Å². The Morgan fingerprint density at radius 1 is 0.935 bits per heavy atom. The summed E-state index contributed by atoms with van der Waals surface area (Å²) in [7, 11) is 0. The van der Waals surface area contributed by atoms with Gasteiger partial charge >= 0.3 is 0 Å². The van der Waals surface area contributed by atoms with Crippen molar-refractivity contribution in [3.8, 4) is 17.1 Å². The molecule has 0 aliphatic carbocycles. The summed E-state index contributed by atoms with van der Waals surface area (Å²) in [5.74, 6) is 1.07. The van der Waals surface area contributed by atoms with Crippen LogP contribution in [0.5, 0.6) is 0 Å². The van der Waals surface area contributed by atoms with E-state index >= 15 is 0 Å². The zero-order chi connectivity index (χ0) is 21.2. The van der Waals surface area contributed by atoms with Gasteiger partial charge in [0.1, 0.15) is 0 Å². The van der Waals surface area contributed by atoms with Gasteiger partial charge in [-0.15, -0.1) is 10.2 Å². The first-order valence-corrected chi connectivity index (χ1v) is 11.5. The van der Waals surface area contributed by atoms with Crippen molar-refractivity contribution < 1.29 is 4.79 Å². The van der Waals surface area contributed by atoms with E-state index in [4.69, 9.17) is 0 Å². The molecule has 2 heterocycles. The third kappa shape index (κ3) is 3.94. The fourth-order valence-corrected chi connectivity index (χ4v) is 4.56. The van der Waals surface area contributed by atoms with Crippen molar-refractivity contribution in [2.24, 2.45) is 0 Å². The average molecular weight is 489 g/mol. The van der Waals surface area contributed by atoms with Crippen molar-refractivity contribution in [1.29, 1.82) is 0 Å². The minimum absolute atomic E-state index is 0.0498. The maximum atomic E-state index is 12.7. The number of aromatic amines is 1. The monoisotopic (exact) mass is 488 g/mol. The Morgan fingerprint density at radius 2 is 1.68 bits per heavy atom. The highest BCUT2D eigenvalue weighted by Crippen LogP contribution is 2.32. The van der Waals surface area contributed by atoms with Gasteiger partial charge in [-0.25, -0.2) is 0 Å². The van der Waals surface area contributed by atoms with Gasteiger partial charge in [-0.3, -0.25) is 9.36 Å². The Hall–Kier alpha value is -3.16. The number of hydrogen-bond acceptors (Lipinski definition) is 4. The van der Waals surface area contributed by atoms with Crippen molar-refractivity contribution in [2.45, 2.75) is 5.16 Å². The minimum Gasteiger partial charge on any atom is -0.360 e. The summed E-state index contributed by atoms with van der Waals surface area (Å²) in [6, 6.07) is 25.5. The quantitative estimate of drug-likeness (QED) is 0.230. The standard InChI is InChI=1S/C24H17BrN4OS/c25-17-12-10-16(11-13-17)22(30)15-31-24-28-27-23(29(24)18-6-2-1-3-7-18)20-14-26-21-9-5-4-8-19(20)21/h1-14,26H,15H2. The maximum absolute atomic E-state index is 12.7. The molecule has 0 saturated carbocycles. The number of fused-ring (bicyclic) bond motifs is 1. The van der Waals surface area contributed by atoms with E-state index < -0.39 is 0 Å². The summed E-state index contributed by atoms with van der Waals surface area (Å²) in [6.45, 7) is 0. The van der Waals surface area contributed by atoms with Crippen LogP contribution in [0.3, 0.4) is 0 Å². The van der Waals surface area contributed by atoms with Crippen LogP contribution < -0.4 is 0 Å². The van der Waals surface area contributed by atoms with Crippen molar-refractivity contribution in [3.05, 3.63) is 95.1 Å². The lowest BCUT2D eigenvalue weighted by atomic mass is 10.1. The minimum atomic E-state index is 0.0498. The number of aromatic nitrogens is 4. The Labute approximate surface area is 191 Å². The molecular formula is C24H17BrN4OS. The molecule has 7 heteroatoms. The van der Waals surface area contributed by atoms with Gasteiger partial charge in [0.2, 0.25) is 0 Å². The summed E-state index contributed by atoms with van der Waals surface area (Å²) in [5.41, 5.74) is 3.64. The Kier molecular flexibility index (Phi) is 5.44. The van der Waals surface area contributed by atoms with Gasteiger partial charge in [-0.1, -0.05) is 76.2 Å². The van der Waals surface area contributed by atoms with Gasteiger partial charge in [-0.2, -0.15) is 0 Å². The predicted octanol–water partition coefficient (Wildman–Crippen LogP) is 6.15. The fourth-order valence-electron chi connectivity index (χ4n) is 3.45. The van der Waals surface area contributed by atoms with Crippen molar-refractivity contribution in [1.82, 2.24) is 19.7 Å². The zero-order valence-electron chi connectivity index (χ0n) is 16.3. The Morgan fingerprint density at radius 3 is 2.48 bits per heavy atom. The third-order valence-corrected chi connectivity index (χ3v) is 6.43. The van der Waals surface area contributed by atoms with E-state index in [1.807, 2.05) is 83.6 Å². The van der Waals surface area contributed by atoms with Gasteiger partial charge in [0.05, 0.1) is 5.75 Å². The van der Waals surface area contributed by atoms with Crippen molar-refractivity contribution in [3.63, 3.8) is 0 Å². The second-order valence-corrected chi connectivity index (χ2v) is 8.80. The topological polar surface area (TPSA) is 63.6 Å². The molecule has 0 radical (unpaired) electrons. The molecule has 31 heavy (non-hydrogen) atoms. The van der Waals surface area contributed by atoms with Crippen molar-refractivity contribution in [2.75, 3.05) is 5.75 Å². The largest absolute Gasteiger partial charge is 0.360 e. The first-order valence-electron chi connectivity index (χ1n) is 9.69. The summed E-state index contributed by atoms with van der Waals surface area (Å²) in [5, 5.41) is 10.7. The summed E-state index contributed by atoms with van der Waals surface area (Å²) in [4.78, 5) is 16.0. The lowest BCUT2D eigenvalue weighted by Gasteiger charge is -2.10. The highest BCUT2D eigenvalue weighted by molar-refractivity contribution is 9.10. The molecule has 0 fully saturated rings. The molecule has 5 aromatic rings. The molecule has 5 nitrogen and oxygen atoms in total. The third-order valence-electron chi connectivity index (χ3n) is 4.98.